The maximum absolute atomic E-state index is 12.9. The Hall–Kier alpha value is -2.62. The highest BCUT2D eigenvalue weighted by molar-refractivity contribution is 5.95. The first-order chi connectivity index (χ1) is 12.6. The third-order valence-electron chi connectivity index (χ3n) is 5.02. The number of amides is 2. The molecule has 136 valence electrons. The van der Waals surface area contributed by atoms with Crippen LogP contribution in [-0.4, -0.2) is 36.3 Å². The third kappa shape index (κ3) is 3.96. The zero-order valence-corrected chi connectivity index (χ0v) is 15.4. The van der Waals surface area contributed by atoms with Crippen LogP contribution >= 0.6 is 0 Å². The van der Waals surface area contributed by atoms with Crippen molar-refractivity contribution in [1.29, 1.82) is 0 Å². The van der Waals surface area contributed by atoms with Gasteiger partial charge >= 0.3 is 0 Å². The predicted molar refractivity (Wildman–Crippen MR) is 103 cm³/mol. The van der Waals surface area contributed by atoms with Crippen LogP contribution < -0.4 is 5.32 Å². The normalized spacial score (nSPS) is 19.4. The van der Waals surface area contributed by atoms with Gasteiger partial charge < -0.3 is 10.2 Å². The molecule has 1 aliphatic heterocycles. The van der Waals surface area contributed by atoms with Crippen molar-refractivity contribution in [2.75, 3.05) is 19.6 Å². The second-order valence-corrected chi connectivity index (χ2v) is 6.99. The molecule has 2 aromatic carbocycles. The van der Waals surface area contributed by atoms with Gasteiger partial charge in [0.05, 0.1) is 5.92 Å². The number of hydrogen-bond donors (Lipinski definition) is 1. The molecule has 0 unspecified atom stereocenters. The first kappa shape index (κ1) is 18.2. The molecule has 1 N–H and O–H groups in total. The lowest BCUT2D eigenvalue weighted by Crippen LogP contribution is -2.36. The van der Waals surface area contributed by atoms with Crippen molar-refractivity contribution in [2.24, 2.45) is 5.92 Å². The van der Waals surface area contributed by atoms with E-state index in [9.17, 15) is 9.59 Å². The molecule has 0 aliphatic carbocycles. The highest BCUT2D eigenvalue weighted by Gasteiger charge is 2.40. The average molecular weight is 350 g/mol. The summed E-state index contributed by atoms with van der Waals surface area (Å²) in [5.41, 5.74) is 2.92. The summed E-state index contributed by atoms with van der Waals surface area (Å²) in [7, 11) is 0. The van der Waals surface area contributed by atoms with Gasteiger partial charge in [0.2, 0.25) is 5.91 Å². The zero-order chi connectivity index (χ0) is 18.5. The van der Waals surface area contributed by atoms with Gasteiger partial charge in [-0.05, 0) is 31.0 Å². The molecule has 2 amide bonds. The molecule has 1 fully saturated rings. The molecular weight excluding hydrogens is 324 g/mol. The number of nitrogens with zero attached hydrogens (tertiary/aromatic N) is 1. The summed E-state index contributed by atoms with van der Waals surface area (Å²) in [5.74, 6) is -0.141. The topological polar surface area (TPSA) is 49.4 Å². The maximum Gasteiger partial charge on any atom is 0.253 e. The Morgan fingerprint density at radius 2 is 1.73 bits per heavy atom. The minimum absolute atomic E-state index is 0.00303. The Kier molecular flexibility index (Phi) is 5.71. The predicted octanol–water partition coefficient (Wildman–Crippen LogP) is 3.38. The quantitative estimate of drug-likeness (QED) is 0.899. The largest absolute Gasteiger partial charge is 0.356 e. The second-order valence-electron chi connectivity index (χ2n) is 6.99. The second kappa shape index (κ2) is 8.17. The van der Waals surface area contributed by atoms with Crippen LogP contribution in [0.15, 0.2) is 54.6 Å². The van der Waals surface area contributed by atoms with E-state index in [0.29, 0.717) is 25.2 Å². The van der Waals surface area contributed by atoms with E-state index < -0.39 is 0 Å². The molecule has 1 heterocycles. The minimum atomic E-state index is -0.210. The number of likely N-dealkylation sites (tertiary alicyclic amines) is 1. The van der Waals surface area contributed by atoms with Crippen LogP contribution in [0.1, 0.15) is 40.7 Å². The van der Waals surface area contributed by atoms with E-state index in [1.165, 1.54) is 0 Å². The molecule has 3 rings (SSSR count). The molecule has 4 nitrogen and oxygen atoms in total. The fourth-order valence-corrected chi connectivity index (χ4v) is 3.53. The minimum Gasteiger partial charge on any atom is -0.356 e. The molecule has 0 spiro atoms. The molecule has 1 aliphatic rings. The van der Waals surface area contributed by atoms with Crippen molar-refractivity contribution in [1.82, 2.24) is 10.2 Å². The van der Waals surface area contributed by atoms with Gasteiger partial charge in [-0.1, -0.05) is 55.0 Å². The molecule has 0 saturated carbocycles. The van der Waals surface area contributed by atoms with Crippen molar-refractivity contribution in [3.8, 4) is 0 Å². The van der Waals surface area contributed by atoms with Crippen LogP contribution in [0.25, 0.3) is 0 Å². The summed E-state index contributed by atoms with van der Waals surface area (Å²) >= 11 is 0. The van der Waals surface area contributed by atoms with Crippen molar-refractivity contribution in [3.05, 3.63) is 71.3 Å². The van der Waals surface area contributed by atoms with Crippen LogP contribution in [0.2, 0.25) is 0 Å². The Morgan fingerprint density at radius 1 is 1.04 bits per heavy atom. The standard InChI is InChI=1S/C22H26N2O2/c1-3-13-23-21(25)20-15-24(14-19(20)17-7-5-4-6-8-17)22(26)18-11-9-16(2)10-12-18/h4-12,19-20H,3,13-15H2,1-2H3,(H,23,25)/t19-,20+/m1/s1. The van der Waals surface area contributed by atoms with Crippen molar-refractivity contribution in [3.63, 3.8) is 0 Å². The number of aryl methyl sites for hydroxylation is 1. The van der Waals surface area contributed by atoms with Gasteiger partial charge in [0.1, 0.15) is 0 Å². The zero-order valence-electron chi connectivity index (χ0n) is 15.4. The number of benzene rings is 2. The highest BCUT2D eigenvalue weighted by Crippen LogP contribution is 2.33. The lowest BCUT2D eigenvalue weighted by molar-refractivity contribution is -0.124. The van der Waals surface area contributed by atoms with E-state index in [4.69, 9.17) is 0 Å². The van der Waals surface area contributed by atoms with Crippen LogP contribution in [0, 0.1) is 12.8 Å². The van der Waals surface area contributed by atoms with Gasteiger partial charge in [-0.25, -0.2) is 0 Å². The summed E-state index contributed by atoms with van der Waals surface area (Å²) in [6.07, 6.45) is 0.903. The maximum atomic E-state index is 12.9. The molecule has 26 heavy (non-hydrogen) atoms. The number of carbonyl (C=O) groups excluding carboxylic acids is 2. The third-order valence-corrected chi connectivity index (χ3v) is 5.02. The monoisotopic (exact) mass is 350 g/mol. The molecular formula is C22H26N2O2. The van der Waals surface area contributed by atoms with Crippen molar-refractivity contribution in [2.45, 2.75) is 26.2 Å². The molecule has 0 aromatic heterocycles. The van der Waals surface area contributed by atoms with E-state index in [-0.39, 0.29) is 23.7 Å². The van der Waals surface area contributed by atoms with Gasteiger partial charge in [-0.15, -0.1) is 0 Å². The lowest BCUT2D eigenvalue weighted by Gasteiger charge is -2.17. The SMILES string of the molecule is CCCNC(=O)[C@H]1CN(C(=O)c2ccc(C)cc2)C[C@@H]1c1ccccc1. The van der Waals surface area contributed by atoms with Crippen LogP contribution in [0.4, 0.5) is 0 Å². The summed E-state index contributed by atoms with van der Waals surface area (Å²) in [6.45, 7) is 5.74. The first-order valence-electron chi connectivity index (χ1n) is 9.28. The van der Waals surface area contributed by atoms with E-state index in [1.54, 1.807) is 0 Å². The molecule has 0 bridgehead atoms. The smallest absolute Gasteiger partial charge is 0.253 e. The number of nitrogens with one attached hydrogen (secondary N) is 1. The molecule has 2 aromatic rings. The Balaban J connectivity index is 1.82. The summed E-state index contributed by atoms with van der Waals surface area (Å²) < 4.78 is 0. The van der Waals surface area contributed by atoms with Gasteiger partial charge in [0.25, 0.3) is 5.91 Å². The van der Waals surface area contributed by atoms with Gasteiger partial charge in [-0.2, -0.15) is 0 Å². The number of carbonyl (C=O) groups is 2. The van der Waals surface area contributed by atoms with Crippen molar-refractivity contribution < 1.29 is 9.59 Å². The molecule has 0 radical (unpaired) electrons. The van der Waals surface area contributed by atoms with E-state index in [0.717, 1.165) is 17.5 Å². The van der Waals surface area contributed by atoms with E-state index in [1.807, 2.05) is 73.3 Å². The van der Waals surface area contributed by atoms with Gasteiger partial charge in [0, 0.05) is 31.1 Å². The molecule has 2 atom stereocenters. The average Bonchev–Trinajstić information content (AvgIpc) is 3.12. The van der Waals surface area contributed by atoms with Crippen LogP contribution in [0.3, 0.4) is 0 Å². The van der Waals surface area contributed by atoms with Gasteiger partial charge in [0.15, 0.2) is 0 Å². The number of rotatable bonds is 5. The van der Waals surface area contributed by atoms with Crippen molar-refractivity contribution >= 4 is 11.8 Å². The summed E-state index contributed by atoms with van der Waals surface area (Å²) in [5, 5.41) is 3.00. The summed E-state index contributed by atoms with van der Waals surface area (Å²) in [6, 6.07) is 17.7. The Morgan fingerprint density at radius 3 is 2.38 bits per heavy atom. The number of hydrogen-bond acceptors (Lipinski definition) is 2. The summed E-state index contributed by atoms with van der Waals surface area (Å²) in [4.78, 5) is 27.4. The van der Waals surface area contributed by atoms with E-state index >= 15 is 0 Å². The van der Waals surface area contributed by atoms with Crippen LogP contribution in [0.5, 0.6) is 0 Å². The lowest BCUT2D eigenvalue weighted by atomic mass is 9.88. The molecule has 4 heteroatoms. The first-order valence-corrected chi connectivity index (χ1v) is 9.28. The fourth-order valence-electron chi connectivity index (χ4n) is 3.53. The van der Waals surface area contributed by atoms with Gasteiger partial charge in [-0.3, -0.25) is 9.59 Å². The fraction of sp³-hybridized carbons (Fsp3) is 0.364. The Labute approximate surface area is 155 Å². The molecule has 1 saturated heterocycles. The Bertz CT molecular complexity index is 755. The van der Waals surface area contributed by atoms with Crippen LogP contribution in [-0.2, 0) is 4.79 Å². The van der Waals surface area contributed by atoms with E-state index in [2.05, 4.69) is 5.32 Å². The highest BCUT2D eigenvalue weighted by atomic mass is 16.2.